The molecule has 0 bridgehead atoms. The monoisotopic (exact) mass is 347 g/mol. The molecule has 0 heterocycles. The molecule has 0 aliphatic heterocycles. The Morgan fingerprint density at radius 1 is 1.16 bits per heavy atom. The van der Waals surface area contributed by atoms with Gasteiger partial charge in [0, 0.05) is 6.04 Å². The Bertz CT molecular complexity index is 614. The van der Waals surface area contributed by atoms with Crippen LogP contribution in [0.25, 0.3) is 0 Å². The normalized spacial score (nSPS) is 23.0. The molecule has 0 saturated heterocycles. The summed E-state index contributed by atoms with van der Waals surface area (Å²) in [7, 11) is 0. The highest BCUT2D eigenvalue weighted by atomic mass is 16.6. The SMILES string of the molecule is Cc1cccc(OCC(=O)OCC(=O)N[C@@H]2CCC[C@@H](C)[C@@H]2C)c1C. The van der Waals surface area contributed by atoms with Gasteiger partial charge in [-0.25, -0.2) is 4.79 Å². The number of aryl methyl sites for hydroxylation is 1. The molecular formula is C20H29NO4. The van der Waals surface area contributed by atoms with E-state index in [-0.39, 0.29) is 25.2 Å². The molecule has 1 N–H and O–H groups in total. The first-order valence-corrected chi connectivity index (χ1v) is 9.02. The Hall–Kier alpha value is -2.04. The fourth-order valence-corrected chi connectivity index (χ4v) is 3.24. The maximum atomic E-state index is 12.0. The maximum absolute atomic E-state index is 12.0. The lowest BCUT2D eigenvalue weighted by Crippen LogP contribution is -2.45. The van der Waals surface area contributed by atoms with E-state index in [1.165, 1.54) is 6.42 Å². The molecule has 3 atom stereocenters. The molecule has 25 heavy (non-hydrogen) atoms. The van der Waals surface area contributed by atoms with E-state index in [1.54, 1.807) is 0 Å². The Kier molecular flexibility index (Phi) is 6.85. The summed E-state index contributed by atoms with van der Waals surface area (Å²) in [6.45, 7) is 7.85. The number of carbonyl (C=O) groups is 2. The largest absolute Gasteiger partial charge is 0.482 e. The summed E-state index contributed by atoms with van der Waals surface area (Å²) in [5.74, 6) is 0.923. The van der Waals surface area contributed by atoms with Crippen molar-refractivity contribution in [3.8, 4) is 5.75 Å². The smallest absolute Gasteiger partial charge is 0.344 e. The molecule has 1 aliphatic carbocycles. The molecule has 5 heteroatoms. The molecule has 0 unspecified atom stereocenters. The quantitative estimate of drug-likeness (QED) is 0.803. The molecule has 0 aromatic heterocycles. The van der Waals surface area contributed by atoms with Crippen LogP contribution in [-0.4, -0.2) is 31.1 Å². The van der Waals surface area contributed by atoms with Crippen LogP contribution in [-0.2, 0) is 14.3 Å². The number of ether oxygens (including phenoxy) is 2. The fraction of sp³-hybridized carbons (Fsp3) is 0.600. The summed E-state index contributed by atoms with van der Waals surface area (Å²) >= 11 is 0. The molecule has 1 aromatic rings. The number of benzene rings is 1. The van der Waals surface area contributed by atoms with Crippen molar-refractivity contribution in [1.82, 2.24) is 5.32 Å². The van der Waals surface area contributed by atoms with Gasteiger partial charge < -0.3 is 14.8 Å². The first kappa shape index (κ1) is 19.3. The number of nitrogens with one attached hydrogen (secondary N) is 1. The minimum atomic E-state index is -0.541. The van der Waals surface area contributed by atoms with Gasteiger partial charge in [0.25, 0.3) is 5.91 Å². The molecule has 2 rings (SSSR count). The lowest BCUT2D eigenvalue weighted by molar-refractivity contribution is -0.150. The molecular weight excluding hydrogens is 318 g/mol. The van der Waals surface area contributed by atoms with Crippen LogP contribution >= 0.6 is 0 Å². The summed E-state index contributed by atoms with van der Waals surface area (Å²) in [6.07, 6.45) is 3.32. The Labute approximate surface area is 150 Å². The van der Waals surface area contributed by atoms with Crippen LogP contribution in [0.4, 0.5) is 0 Å². The van der Waals surface area contributed by atoms with Crippen molar-refractivity contribution in [3.63, 3.8) is 0 Å². The molecule has 0 radical (unpaired) electrons. The summed E-state index contributed by atoms with van der Waals surface area (Å²) in [4.78, 5) is 23.8. The van der Waals surface area contributed by atoms with Gasteiger partial charge in [-0.2, -0.15) is 0 Å². The van der Waals surface area contributed by atoms with Crippen molar-refractivity contribution in [1.29, 1.82) is 0 Å². The first-order chi connectivity index (χ1) is 11.9. The maximum Gasteiger partial charge on any atom is 0.344 e. The van der Waals surface area contributed by atoms with E-state index in [4.69, 9.17) is 9.47 Å². The van der Waals surface area contributed by atoms with Crippen LogP contribution in [0.2, 0.25) is 0 Å². The van der Waals surface area contributed by atoms with Gasteiger partial charge in [-0.05, 0) is 49.3 Å². The van der Waals surface area contributed by atoms with E-state index in [0.29, 0.717) is 17.6 Å². The van der Waals surface area contributed by atoms with Crippen LogP contribution < -0.4 is 10.1 Å². The van der Waals surface area contributed by atoms with E-state index < -0.39 is 5.97 Å². The number of rotatable bonds is 6. The number of hydrogen-bond donors (Lipinski definition) is 1. The molecule has 0 spiro atoms. The Morgan fingerprint density at radius 3 is 2.68 bits per heavy atom. The molecule has 1 aromatic carbocycles. The fourth-order valence-electron chi connectivity index (χ4n) is 3.24. The molecule has 1 amide bonds. The van der Waals surface area contributed by atoms with Crippen LogP contribution in [0.15, 0.2) is 18.2 Å². The number of amides is 1. The number of esters is 1. The number of hydrogen-bond acceptors (Lipinski definition) is 4. The van der Waals surface area contributed by atoms with Gasteiger partial charge in [-0.1, -0.05) is 38.8 Å². The molecule has 138 valence electrons. The second kappa shape index (κ2) is 8.88. The van der Waals surface area contributed by atoms with Gasteiger partial charge in [0.2, 0.25) is 0 Å². The topological polar surface area (TPSA) is 64.6 Å². The van der Waals surface area contributed by atoms with Gasteiger partial charge in [0.05, 0.1) is 0 Å². The lowest BCUT2D eigenvalue weighted by Gasteiger charge is -2.34. The highest BCUT2D eigenvalue weighted by Crippen LogP contribution is 2.29. The van der Waals surface area contributed by atoms with Crippen molar-refractivity contribution < 1.29 is 19.1 Å². The third kappa shape index (κ3) is 5.48. The summed E-state index contributed by atoms with van der Waals surface area (Å²) in [5, 5.41) is 2.99. The van der Waals surface area contributed by atoms with Gasteiger partial charge in [-0.15, -0.1) is 0 Å². The third-order valence-corrected chi connectivity index (χ3v) is 5.32. The Morgan fingerprint density at radius 2 is 1.92 bits per heavy atom. The molecule has 1 aliphatic rings. The average molecular weight is 347 g/mol. The van der Waals surface area contributed by atoms with Crippen LogP contribution in [0.1, 0.15) is 44.2 Å². The van der Waals surface area contributed by atoms with Crippen molar-refractivity contribution in [2.45, 2.75) is 53.0 Å². The van der Waals surface area contributed by atoms with E-state index in [1.807, 2.05) is 32.0 Å². The van der Waals surface area contributed by atoms with Crippen LogP contribution in [0.3, 0.4) is 0 Å². The third-order valence-electron chi connectivity index (χ3n) is 5.32. The van der Waals surface area contributed by atoms with E-state index in [2.05, 4.69) is 19.2 Å². The highest BCUT2D eigenvalue weighted by molar-refractivity contribution is 5.81. The van der Waals surface area contributed by atoms with Gasteiger partial charge in [0.15, 0.2) is 13.2 Å². The van der Waals surface area contributed by atoms with Crippen LogP contribution in [0.5, 0.6) is 5.75 Å². The van der Waals surface area contributed by atoms with Gasteiger partial charge in [0.1, 0.15) is 5.75 Å². The zero-order chi connectivity index (χ0) is 18.4. The van der Waals surface area contributed by atoms with Gasteiger partial charge >= 0.3 is 5.97 Å². The second-order valence-electron chi connectivity index (χ2n) is 7.09. The zero-order valence-electron chi connectivity index (χ0n) is 15.6. The predicted molar refractivity (Wildman–Crippen MR) is 96.5 cm³/mol. The zero-order valence-corrected chi connectivity index (χ0v) is 15.6. The van der Waals surface area contributed by atoms with Crippen molar-refractivity contribution in [2.24, 2.45) is 11.8 Å². The minimum Gasteiger partial charge on any atom is -0.482 e. The first-order valence-electron chi connectivity index (χ1n) is 9.02. The Balaban J connectivity index is 1.72. The van der Waals surface area contributed by atoms with E-state index >= 15 is 0 Å². The van der Waals surface area contributed by atoms with Crippen molar-refractivity contribution >= 4 is 11.9 Å². The summed E-state index contributed by atoms with van der Waals surface area (Å²) < 4.78 is 10.5. The van der Waals surface area contributed by atoms with Crippen LogP contribution in [0, 0.1) is 25.7 Å². The van der Waals surface area contributed by atoms with E-state index in [9.17, 15) is 9.59 Å². The average Bonchev–Trinajstić information content (AvgIpc) is 2.58. The lowest BCUT2D eigenvalue weighted by atomic mass is 9.78. The summed E-state index contributed by atoms with van der Waals surface area (Å²) in [5.41, 5.74) is 2.09. The number of carbonyl (C=O) groups excluding carboxylic acids is 2. The van der Waals surface area contributed by atoms with Gasteiger partial charge in [-0.3, -0.25) is 4.79 Å². The molecule has 1 saturated carbocycles. The van der Waals surface area contributed by atoms with Crippen molar-refractivity contribution in [3.05, 3.63) is 29.3 Å². The summed E-state index contributed by atoms with van der Waals surface area (Å²) in [6, 6.07) is 5.84. The predicted octanol–water partition coefficient (Wildman–Crippen LogP) is 3.17. The minimum absolute atomic E-state index is 0.168. The second-order valence-corrected chi connectivity index (χ2v) is 7.09. The van der Waals surface area contributed by atoms with Crippen molar-refractivity contribution in [2.75, 3.05) is 13.2 Å². The standard InChI is InChI=1S/C20H29NO4/c1-13-7-5-9-17(15(13)3)21-19(22)11-25-20(23)12-24-18-10-6-8-14(2)16(18)4/h6,8,10,13,15,17H,5,7,9,11-12H2,1-4H3,(H,21,22)/t13-,15+,17-/m1/s1. The highest BCUT2D eigenvalue weighted by Gasteiger charge is 2.28. The van der Waals surface area contributed by atoms with E-state index in [0.717, 1.165) is 24.0 Å². The molecule has 5 nitrogen and oxygen atoms in total. The molecule has 1 fully saturated rings.